The molecule has 1 heterocycles. The van der Waals surface area contributed by atoms with Gasteiger partial charge in [-0.3, -0.25) is 0 Å². The highest BCUT2D eigenvalue weighted by Crippen LogP contribution is 2.17. The number of likely N-dealkylation sites (N-methyl/N-ethyl adjacent to an activating group) is 1. The van der Waals surface area contributed by atoms with E-state index in [0.717, 1.165) is 12.5 Å². The molecule has 0 aromatic rings. The third-order valence-corrected chi connectivity index (χ3v) is 3.14. The lowest BCUT2D eigenvalue weighted by Crippen LogP contribution is -2.32. The molecule has 2 unspecified atom stereocenters. The first-order valence-electron chi connectivity index (χ1n) is 5.78. The Morgan fingerprint density at radius 1 is 1.53 bits per heavy atom. The van der Waals surface area contributed by atoms with Crippen molar-refractivity contribution < 1.29 is 10.2 Å². The third-order valence-electron chi connectivity index (χ3n) is 3.14. The Balaban J connectivity index is 2.08. The molecule has 1 aliphatic heterocycles. The molecule has 0 spiro atoms. The van der Waals surface area contributed by atoms with Crippen molar-refractivity contribution in [2.45, 2.75) is 18.9 Å². The predicted octanol–water partition coefficient (Wildman–Crippen LogP) is -0.387. The quantitative estimate of drug-likeness (QED) is 0.635. The van der Waals surface area contributed by atoms with E-state index in [2.05, 4.69) is 16.8 Å². The molecule has 0 bridgehead atoms. The molecule has 90 valence electrons. The van der Waals surface area contributed by atoms with Crippen LogP contribution >= 0.6 is 0 Å². The van der Waals surface area contributed by atoms with Gasteiger partial charge in [0.1, 0.15) is 0 Å². The van der Waals surface area contributed by atoms with Gasteiger partial charge in [-0.25, -0.2) is 0 Å². The zero-order valence-corrected chi connectivity index (χ0v) is 9.89. The average Bonchev–Trinajstić information content (AvgIpc) is 2.61. The summed E-state index contributed by atoms with van der Waals surface area (Å²) in [5, 5.41) is 18.0. The first kappa shape index (κ1) is 12.9. The molecule has 0 aromatic heterocycles. The smallest absolute Gasteiger partial charge is 0.0897 e. The van der Waals surface area contributed by atoms with Crippen LogP contribution in [0.25, 0.3) is 0 Å². The average molecular weight is 216 g/mol. The zero-order chi connectivity index (χ0) is 11.3. The van der Waals surface area contributed by atoms with Crippen LogP contribution in [0, 0.1) is 5.92 Å². The monoisotopic (exact) mass is 216 g/mol. The number of aliphatic hydroxyl groups excluding tert-OH is 2. The van der Waals surface area contributed by atoms with Gasteiger partial charge in [0.25, 0.3) is 0 Å². The van der Waals surface area contributed by atoms with Crippen molar-refractivity contribution in [2.24, 2.45) is 5.92 Å². The molecule has 1 fully saturated rings. The van der Waals surface area contributed by atoms with Gasteiger partial charge in [-0.15, -0.1) is 0 Å². The van der Waals surface area contributed by atoms with E-state index in [9.17, 15) is 5.11 Å². The topological polar surface area (TPSA) is 46.9 Å². The maximum absolute atomic E-state index is 9.26. The van der Waals surface area contributed by atoms with Gasteiger partial charge in [0, 0.05) is 13.1 Å². The second-order valence-electron chi connectivity index (χ2n) is 4.80. The summed E-state index contributed by atoms with van der Waals surface area (Å²) in [5.41, 5.74) is 0. The first-order valence-corrected chi connectivity index (χ1v) is 5.78. The van der Waals surface area contributed by atoms with Crippen LogP contribution in [0.4, 0.5) is 0 Å². The van der Waals surface area contributed by atoms with Crippen molar-refractivity contribution in [3.63, 3.8) is 0 Å². The normalized spacial score (nSPS) is 25.0. The summed E-state index contributed by atoms with van der Waals surface area (Å²) in [6.07, 6.45) is 1.90. The Bertz CT molecular complexity index is 178. The van der Waals surface area contributed by atoms with E-state index in [0.29, 0.717) is 6.54 Å². The van der Waals surface area contributed by atoms with Gasteiger partial charge >= 0.3 is 0 Å². The predicted molar refractivity (Wildman–Crippen MR) is 60.8 cm³/mol. The Morgan fingerprint density at radius 3 is 2.80 bits per heavy atom. The molecule has 0 radical (unpaired) electrons. The van der Waals surface area contributed by atoms with Crippen molar-refractivity contribution in [2.75, 3.05) is 46.9 Å². The molecule has 0 saturated carbocycles. The maximum Gasteiger partial charge on any atom is 0.0897 e. The molecule has 1 rings (SSSR count). The Labute approximate surface area is 92.5 Å². The lowest BCUT2D eigenvalue weighted by atomic mass is 10.0. The zero-order valence-electron chi connectivity index (χ0n) is 9.89. The van der Waals surface area contributed by atoms with Crippen LogP contribution in [0.2, 0.25) is 0 Å². The van der Waals surface area contributed by atoms with Crippen LogP contribution in [0.1, 0.15) is 12.8 Å². The molecule has 0 aromatic carbocycles. The molecule has 2 N–H and O–H groups in total. The molecular formula is C11H24N2O2. The second-order valence-corrected chi connectivity index (χ2v) is 4.80. The molecule has 2 atom stereocenters. The van der Waals surface area contributed by atoms with Crippen LogP contribution in [0.3, 0.4) is 0 Å². The fourth-order valence-electron chi connectivity index (χ4n) is 2.17. The SMILES string of the molecule is CN(CCC1CCN(C)C1)CC(O)CO. The molecule has 15 heavy (non-hydrogen) atoms. The minimum Gasteiger partial charge on any atom is -0.394 e. The third kappa shape index (κ3) is 4.93. The van der Waals surface area contributed by atoms with Crippen LogP contribution in [0.5, 0.6) is 0 Å². The second kappa shape index (κ2) is 6.43. The summed E-state index contributed by atoms with van der Waals surface area (Å²) >= 11 is 0. The first-order chi connectivity index (χ1) is 7.11. The van der Waals surface area contributed by atoms with Gasteiger partial charge in [-0.1, -0.05) is 0 Å². The van der Waals surface area contributed by atoms with E-state index < -0.39 is 6.10 Å². The minimum atomic E-state index is -0.596. The molecular weight excluding hydrogens is 192 g/mol. The van der Waals surface area contributed by atoms with E-state index in [1.807, 2.05) is 7.05 Å². The number of aliphatic hydroxyl groups is 2. The van der Waals surface area contributed by atoms with E-state index in [4.69, 9.17) is 5.11 Å². The number of hydrogen-bond acceptors (Lipinski definition) is 4. The van der Waals surface area contributed by atoms with Gasteiger partial charge in [-0.2, -0.15) is 0 Å². The minimum absolute atomic E-state index is 0.142. The van der Waals surface area contributed by atoms with Crippen LogP contribution < -0.4 is 0 Å². The van der Waals surface area contributed by atoms with Crippen LogP contribution in [0.15, 0.2) is 0 Å². The number of nitrogens with zero attached hydrogens (tertiary/aromatic N) is 2. The van der Waals surface area contributed by atoms with Crippen molar-refractivity contribution in [1.82, 2.24) is 9.80 Å². The lowest BCUT2D eigenvalue weighted by molar-refractivity contribution is 0.0653. The fourth-order valence-corrected chi connectivity index (χ4v) is 2.17. The van der Waals surface area contributed by atoms with Gasteiger partial charge in [0.2, 0.25) is 0 Å². The summed E-state index contributed by atoms with van der Waals surface area (Å²) in [6, 6.07) is 0. The number of likely N-dealkylation sites (tertiary alicyclic amines) is 1. The summed E-state index contributed by atoms with van der Waals surface area (Å²) < 4.78 is 0. The molecule has 1 saturated heterocycles. The molecule has 0 amide bonds. The number of hydrogen-bond donors (Lipinski definition) is 2. The number of rotatable bonds is 6. The maximum atomic E-state index is 9.26. The van der Waals surface area contributed by atoms with Crippen molar-refractivity contribution in [1.29, 1.82) is 0 Å². The highest BCUT2D eigenvalue weighted by molar-refractivity contribution is 4.74. The van der Waals surface area contributed by atoms with E-state index >= 15 is 0 Å². The van der Waals surface area contributed by atoms with Crippen molar-refractivity contribution >= 4 is 0 Å². The van der Waals surface area contributed by atoms with Gasteiger partial charge < -0.3 is 20.0 Å². The highest BCUT2D eigenvalue weighted by atomic mass is 16.3. The van der Waals surface area contributed by atoms with E-state index in [-0.39, 0.29) is 6.61 Å². The van der Waals surface area contributed by atoms with Crippen molar-refractivity contribution in [3.8, 4) is 0 Å². The van der Waals surface area contributed by atoms with Crippen molar-refractivity contribution in [3.05, 3.63) is 0 Å². The van der Waals surface area contributed by atoms with Gasteiger partial charge in [0.05, 0.1) is 12.7 Å². The summed E-state index contributed by atoms with van der Waals surface area (Å²) in [5.74, 6) is 0.809. The standard InChI is InChI=1S/C11H24N2O2/c1-12-5-3-10(7-12)4-6-13(2)8-11(15)9-14/h10-11,14-15H,3-9H2,1-2H3. The van der Waals surface area contributed by atoms with Gasteiger partial charge in [-0.05, 0) is 45.9 Å². The van der Waals surface area contributed by atoms with E-state index in [1.54, 1.807) is 0 Å². The Hall–Kier alpha value is -0.160. The molecule has 4 heteroatoms. The van der Waals surface area contributed by atoms with Crippen LogP contribution in [-0.2, 0) is 0 Å². The summed E-state index contributed by atoms with van der Waals surface area (Å²) in [7, 11) is 4.16. The van der Waals surface area contributed by atoms with E-state index in [1.165, 1.54) is 25.9 Å². The summed E-state index contributed by atoms with van der Waals surface area (Å²) in [4.78, 5) is 4.46. The molecule has 0 aliphatic carbocycles. The van der Waals surface area contributed by atoms with Gasteiger partial charge in [0.15, 0.2) is 0 Å². The largest absolute Gasteiger partial charge is 0.394 e. The lowest BCUT2D eigenvalue weighted by Gasteiger charge is -2.21. The highest BCUT2D eigenvalue weighted by Gasteiger charge is 2.19. The fraction of sp³-hybridized carbons (Fsp3) is 1.00. The Morgan fingerprint density at radius 2 is 2.27 bits per heavy atom. The van der Waals surface area contributed by atoms with Crippen LogP contribution in [-0.4, -0.2) is 73.0 Å². The Kier molecular flexibility index (Phi) is 5.53. The molecule has 4 nitrogen and oxygen atoms in total. The molecule has 1 aliphatic rings. The summed E-state index contributed by atoms with van der Waals surface area (Å²) in [6.45, 7) is 3.86.